The van der Waals surface area contributed by atoms with Gasteiger partial charge >= 0.3 is 0 Å². The van der Waals surface area contributed by atoms with Gasteiger partial charge in [-0.05, 0) is 24.7 Å². The maximum absolute atomic E-state index is 3.88. The standard InChI is InChI=1S/C11H18/c1-3-10-8-6-5-7-9-11(10)4-2/h3-4,10-11H,1-2,5-9H2. The molecule has 0 heteroatoms. The van der Waals surface area contributed by atoms with Crippen LogP contribution in [0.5, 0.6) is 0 Å². The number of rotatable bonds is 2. The number of hydrogen-bond acceptors (Lipinski definition) is 0. The van der Waals surface area contributed by atoms with Gasteiger partial charge in [0.2, 0.25) is 0 Å². The molecule has 0 aromatic heterocycles. The van der Waals surface area contributed by atoms with Crippen LogP contribution in [0.15, 0.2) is 25.3 Å². The van der Waals surface area contributed by atoms with Crippen molar-refractivity contribution in [1.29, 1.82) is 0 Å². The summed E-state index contributed by atoms with van der Waals surface area (Å²) < 4.78 is 0. The van der Waals surface area contributed by atoms with Crippen LogP contribution in [0, 0.1) is 11.8 Å². The highest BCUT2D eigenvalue weighted by Crippen LogP contribution is 2.29. The number of allylic oxidation sites excluding steroid dienone is 2. The van der Waals surface area contributed by atoms with Crippen molar-refractivity contribution in [2.45, 2.75) is 32.1 Å². The van der Waals surface area contributed by atoms with E-state index in [1.165, 1.54) is 32.1 Å². The highest BCUT2D eigenvalue weighted by atomic mass is 14.2. The van der Waals surface area contributed by atoms with E-state index in [-0.39, 0.29) is 0 Å². The van der Waals surface area contributed by atoms with Gasteiger partial charge in [-0.15, -0.1) is 13.2 Å². The fraction of sp³-hybridized carbons (Fsp3) is 0.636. The zero-order chi connectivity index (χ0) is 8.10. The van der Waals surface area contributed by atoms with Crippen LogP contribution in [0.4, 0.5) is 0 Å². The Morgan fingerprint density at radius 2 is 1.27 bits per heavy atom. The SMILES string of the molecule is C=CC1CCCCCC1C=C. The van der Waals surface area contributed by atoms with Crippen molar-refractivity contribution in [1.82, 2.24) is 0 Å². The second kappa shape index (κ2) is 4.38. The van der Waals surface area contributed by atoms with Gasteiger partial charge in [-0.25, -0.2) is 0 Å². The number of hydrogen-bond donors (Lipinski definition) is 0. The first-order chi connectivity index (χ1) is 5.38. The predicted octanol–water partition coefficient (Wildman–Crippen LogP) is 3.55. The van der Waals surface area contributed by atoms with E-state index in [0.29, 0.717) is 11.8 Å². The molecule has 1 aliphatic carbocycles. The van der Waals surface area contributed by atoms with Gasteiger partial charge < -0.3 is 0 Å². The Morgan fingerprint density at radius 3 is 1.64 bits per heavy atom. The first-order valence-electron chi connectivity index (χ1n) is 4.63. The molecule has 0 radical (unpaired) electrons. The topological polar surface area (TPSA) is 0 Å². The van der Waals surface area contributed by atoms with Crippen molar-refractivity contribution < 1.29 is 0 Å². The molecule has 0 saturated heterocycles. The molecule has 11 heavy (non-hydrogen) atoms. The summed E-state index contributed by atoms with van der Waals surface area (Å²) in [6, 6.07) is 0. The summed E-state index contributed by atoms with van der Waals surface area (Å²) in [5.74, 6) is 1.41. The molecule has 0 aliphatic heterocycles. The fourth-order valence-electron chi connectivity index (χ4n) is 1.95. The molecule has 62 valence electrons. The molecule has 0 heterocycles. The van der Waals surface area contributed by atoms with E-state index >= 15 is 0 Å². The van der Waals surface area contributed by atoms with E-state index in [1.807, 2.05) is 0 Å². The van der Waals surface area contributed by atoms with Gasteiger partial charge in [0.25, 0.3) is 0 Å². The van der Waals surface area contributed by atoms with Crippen LogP contribution >= 0.6 is 0 Å². The molecule has 1 fully saturated rings. The molecule has 1 saturated carbocycles. The molecule has 0 N–H and O–H groups in total. The van der Waals surface area contributed by atoms with E-state index in [2.05, 4.69) is 25.3 Å². The van der Waals surface area contributed by atoms with Crippen LogP contribution in [0.1, 0.15) is 32.1 Å². The second-order valence-electron chi connectivity index (χ2n) is 3.44. The highest BCUT2D eigenvalue weighted by Gasteiger charge is 2.17. The first kappa shape index (κ1) is 8.58. The summed E-state index contributed by atoms with van der Waals surface area (Å²) in [5, 5.41) is 0. The minimum absolute atomic E-state index is 0.704. The molecule has 0 spiro atoms. The van der Waals surface area contributed by atoms with E-state index < -0.39 is 0 Å². The summed E-state index contributed by atoms with van der Waals surface area (Å²) in [5.41, 5.74) is 0. The first-order valence-corrected chi connectivity index (χ1v) is 4.63. The van der Waals surface area contributed by atoms with Gasteiger partial charge in [-0.3, -0.25) is 0 Å². The van der Waals surface area contributed by atoms with Crippen LogP contribution in [-0.4, -0.2) is 0 Å². The van der Waals surface area contributed by atoms with Crippen molar-refractivity contribution >= 4 is 0 Å². The lowest BCUT2D eigenvalue weighted by Crippen LogP contribution is -2.07. The van der Waals surface area contributed by atoms with Crippen LogP contribution < -0.4 is 0 Å². The summed E-state index contributed by atoms with van der Waals surface area (Å²) in [6.07, 6.45) is 11.0. The van der Waals surface area contributed by atoms with E-state index in [0.717, 1.165) is 0 Å². The Kier molecular flexibility index (Phi) is 3.41. The second-order valence-corrected chi connectivity index (χ2v) is 3.44. The maximum atomic E-state index is 3.88. The molecular weight excluding hydrogens is 132 g/mol. The Balaban J connectivity index is 2.54. The largest absolute Gasteiger partial charge is 0.103 e. The summed E-state index contributed by atoms with van der Waals surface area (Å²) in [7, 11) is 0. The highest BCUT2D eigenvalue weighted by molar-refractivity contribution is 4.94. The van der Waals surface area contributed by atoms with E-state index in [4.69, 9.17) is 0 Å². The molecule has 2 atom stereocenters. The van der Waals surface area contributed by atoms with Crippen LogP contribution in [-0.2, 0) is 0 Å². The predicted molar refractivity (Wildman–Crippen MR) is 50.5 cm³/mol. The molecule has 1 rings (SSSR count). The van der Waals surface area contributed by atoms with E-state index in [1.54, 1.807) is 0 Å². The zero-order valence-corrected chi connectivity index (χ0v) is 7.26. The van der Waals surface area contributed by atoms with Gasteiger partial charge in [-0.2, -0.15) is 0 Å². The molecule has 0 aromatic rings. The monoisotopic (exact) mass is 150 g/mol. The van der Waals surface area contributed by atoms with Gasteiger partial charge in [0.05, 0.1) is 0 Å². The lowest BCUT2D eigenvalue weighted by Gasteiger charge is -2.17. The van der Waals surface area contributed by atoms with Crippen molar-refractivity contribution in [3.63, 3.8) is 0 Å². The molecule has 0 nitrogen and oxygen atoms in total. The van der Waals surface area contributed by atoms with Crippen LogP contribution in [0.2, 0.25) is 0 Å². The summed E-state index contributed by atoms with van der Waals surface area (Å²) in [4.78, 5) is 0. The third kappa shape index (κ3) is 2.21. The lowest BCUT2D eigenvalue weighted by atomic mass is 9.88. The smallest absolute Gasteiger partial charge is 0.0173 e. The third-order valence-electron chi connectivity index (χ3n) is 2.73. The molecule has 1 aliphatic rings. The van der Waals surface area contributed by atoms with Crippen molar-refractivity contribution in [2.75, 3.05) is 0 Å². The van der Waals surface area contributed by atoms with E-state index in [9.17, 15) is 0 Å². The van der Waals surface area contributed by atoms with Crippen molar-refractivity contribution in [3.05, 3.63) is 25.3 Å². The quantitative estimate of drug-likeness (QED) is 0.417. The van der Waals surface area contributed by atoms with Crippen molar-refractivity contribution in [3.8, 4) is 0 Å². The molecular formula is C11H18. The fourth-order valence-corrected chi connectivity index (χ4v) is 1.95. The van der Waals surface area contributed by atoms with Crippen LogP contribution in [0.25, 0.3) is 0 Å². The average molecular weight is 150 g/mol. The Morgan fingerprint density at radius 1 is 0.818 bits per heavy atom. The van der Waals surface area contributed by atoms with Gasteiger partial charge in [0, 0.05) is 0 Å². The molecule has 0 bridgehead atoms. The Hall–Kier alpha value is -0.520. The minimum atomic E-state index is 0.704. The Labute approximate surface area is 70.0 Å². The molecule has 2 unspecified atom stereocenters. The average Bonchev–Trinajstić information content (AvgIpc) is 2.27. The van der Waals surface area contributed by atoms with Crippen molar-refractivity contribution in [2.24, 2.45) is 11.8 Å². The third-order valence-corrected chi connectivity index (χ3v) is 2.73. The van der Waals surface area contributed by atoms with Gasteiger partial charge in [0.1, 0.15) is 0 Å². The van der Waals surface area contributed by atoms with Gasteiger partial charge in [-0.1, -0.05) is 31.4 Å². The molecule has 0 amide bonds. The minimum Gasteiger partial charge on any atom is -0.103 e. The summed E-state index contributed by atoms with van der Waals surface area (Å²) in [6.45, 7) is 7.75. The lowest BCUT2D eigenvalue weighted by molar-refractivity contribution is 0.451. The zero-order valence-electron chi connectivity index (χ0n) is 7.26. The van der Waals surface area contributed by atoms with Gasteiger partial charge in [0.15, 0.2) is 0 Å². The normalized spacial score (nSPS) is 32.4. The van der Waals surface area contributed by atoms with Crippen LogP contribution in [0.3, 0.4) is 0 Å². The molecule has 0 aromatic carbocycles. The summed E-state index contributed by atoms with van der Waals surface area (Å²) >= 11 is 0. The maximum Gasteiger partial charge on any atom is -0.0173 e. The Bertz CT molecular complexity index is 119.